The average molecular weight is 389 g/mol. The standard InChI is InChI=1S/C19H14Cl2N2O3/c1-11(24)18-14(10-17(25)26)19(12-6-8-13(20)9-7-12)23(22-18)16-5-3-2-4-15(16)21/h2-9H,10H2,1H3,(H,25,26). The van der Waals surface area contributed by atoms with Gasteiger partial charge in [0.2, 0.25) is 0 Å². The van der Waals surface area contributed by atoms with Crippen LogP contribution in [0.1, 0.15) is 23.0 Å². The molecule has 0 atom stereocenters. The zero-order chi connectivity index (χ0) is 18.8. The van der Waals surface area contributed by atoms with Crippen molar-refractivity contribution >= 4 is 35.0 Å². The van der Waals surface area contributed by atoms with Crippen LogP contribution in [0.4, 0.5) is 0 Å². The maximum atomic E-state index is 12.1. The van der Waals surface area contributed by atoms with Crippen molar-refractivity contribution in [3.8, 4) is 16.9 Å². The van der Waals surface area contributed by atoms with Gasteiger partial charge >= 0.3 is 5.97 Å². The molecule has 0 aliphatic heterocycles. The predicted octanol–water partition coefficient (Wildman–Crippen LogP) is 4.68. The van der Waals surface area contributed by atoms with Crippen LogP contribution in [0, 0.1) is 0 Å². The average Bonchev–Trinajstić information content (AvgIpc) is 2.94. The number of aliphatic carboxylic acids is 1. The van der Waals surface area contributed by atoms with Crippen molar-refractivity contribution in [1.82, 2.24) is 9.78 Å². The van der Waals surface area contributed by atoms with E-state index >= 15 is 0 Å². The molecule has 3 aromatic rings. The molecule has 0 amide bonds. The Balaban J connectivity index is 2.36. The first-order chi connectivity index (χ1) is 12.4. The molecule has 0 aliphatic rings. The molecule has 0 spiro atoms. The highest BCUT2D eigenvalue weighted by Gasteiger charge is 2.25. The number of rotatable bonds is 5. The van der Waals surface area contributed by atoms with E-state index in [2.05, 4.69) is 5.10 Å². The summed E-state index contributed by atoms with van der Waals surface area (Å²) in [5.41, 5.74) is 2.19. The summed E-state index contributed by atoms with van der Waals surface area (Å²) in [7, 11) is 0. The Hall–Kier alpha value is -2.63. The number of carboxylic acid groups (broad SMARTS) is 1. The zero-order valence-corrected chi connectivity index (χ0v) is 15.3. The summed E-state index contributed by atoms with van der Waals surface area (Å²) in [4.78, 5) is 23.5. The number of nitrogens with zero attached hydrogens (tertiary/aromatic N) is 2. The van der Waals surface area contributed by atoms with E-state index in [4.69, 9.17) is 23.2 Å². The number of carboxylic acids is 1. The zero-order valence-electron chi connectivity index (χ0n) is 13.7. The first kappa shape index (κ1) is 18.2. The minimum absolute atomic E-state index is 0.109. The number of hydrogen-bond donors (Lipinski definition) is 1. The van der Waals surface area contributed by atoms with Gasteiger partial charge in [-0.15, -0.1) is 0 Å². The number of halogens is 2. The van der Waals surface area contributed by atoms with Gasteiger partial charge in [0.05, 0.1) is 22.8 Å². The molecule has 26 heavy (non-hydrogen) atoms. The van der Waals surface area contributed by atoms with Crippen LogP contribution in [0.5, 0.6) is 0 Å². The second kappa shape index (κ2) is 7.32. The Kier molecular flexibility index (Phi) is 5.11. The molecule has 5 nitrogen and oxygen atoms in total. The van der Waals surface area contributed by atoms with Crippen LogP contribution >= 0.6 is 23.2 Å². The molecule has 0 fully saturated rings. The van der Waals surface area contributed by atoms with E-state index in [1.165, 1.54) is 11.6 Å². The van der Waals surface area contributed by atoms with E-state index in [-0.39, 0.29) is 17.9 Å². The topological polar surface area (TPSA) is 72.2 Å². The predicted molar refractivity (Wildman–Crippen MR) is 100 cm³/mol. The van der Waals surface area contributed by atoms with Gasteiger partial charge in [0.1, 0.15) is 5.69 Å². The van der Waals surface area contributed by atoms with Gasteiger partial charge in [-0.25, -0.2) is 4.68 Å². The van der Waals surface area contributed by atoms with Crippen LogP contribution in [-0.4, -0.2) is 26.6 Å². The van der Waals surface area contributed by atoms with Crippen LogP contribution in [0.25, 0.3) is 16.9 Å². The molecule has 1 heterocycles. The molecular formula is C19H14Cl2N2O3. The number of benzene rings is 2. The molecule has 7 heteroatoms. The summed E-state index contributed by atoms with van der Waals surface area (Å²) >= 11 is 12.3. The fourth-order valence-corrected chi connectivity index (χ4v) is 3.10. The largest absolute Gasteiger partial charge is 0.481 e. The maximum Gasteiger partial charge on any atom is 0.307 e. The lowest BCUT2D eigenvalue weighted by Gasteiger charge is -2.11. The maximum absolute atomic E-state index is 12.1. The second-order valence-corrected chi connectivity index (χ2v) is 6.52. The third-order valence-corrected chi connectivity index (χ3v) is 4.41. The molecular weight excluding hydrogens is 375 g/mol. The summed E-state index contributed by atoms with van der Waals surface area (Å²) < 4.78 is 1.51. The van der Waals surface area contributed by atoms with Crippen molar-refractivity contribution in [3.63, 3.8) is 0 Å². The van der Waals surface area contributed by atoms with Crippen LogP contribution in [0.2, 0.25) is 10.0 Å². The normalized spacial score (nSPS) is 10.7. The molecule has 0 bridgehead atoms. The van der Waals surface area contributed by atoms with Crippen LogP contribution in [0.3, 0.4) is 0 Å². The molecule has 3 rings (SSSR count). The SMILES string of the molecule is CC(=O)c1nn(-c2ccccc2Cl)c(-c2ccc(Cl)cc2)c1CC(=O)O. The smallest absolute Gasteiger partial charge is 0.307 e. The quantitative estimate of drug-likeness (QED) is 0.644. The molecule has 0 unspecified atom stereocenters. The molecule has 2 aromatic carbocycles. The van der Waals surface area contributed by atoms with Gasteiger partial charge in [-0.1, -0.05) is 47.5 Å². The van der Waals surface area contributed by atoms with E-state index < -0.39 is 5.97 Å². The van der Waals surface area contributed by atoms with E-state index in [1.807, 2.05) is 0 Å². The molecule has 0 aliphatic carbocycles. The van der Waals surface area contributed by atoms with Gasteiger partial charge in [0.25, 0.3) is 0 Å². The lowest BCUT2D eigenvalue weighted by Crippen LogP contribution is -2.06. The van der Waals surface area contributed by atoms with Crippen LogP contribution in [0.15, 0.2) is 48.5 Å². The highest BCUT2D eigenvalue weighted by molar-refractivity contribution is 6.32. The third kappa shape index (κ3) is 3.49. The van der Waals surface area contributed by atoms with Crippen molar-refractivity contribution in [2.75, 3.05) is 0 Å². The van der Waals surface area contributed by atoms with Gasteiger partial charge in [0, 0.05) is 23.1 Å². The first-order valence-corrected chi connectivity index (χ1v) is 8.49. The minimum Gasteiger partial charge on any atom is -0.481 e. The monoisotopic (exact) mass is 388 g/mol. The fraction of sp³-hybridized carbons (Fsp3) is 0.105. The van der Waals surface area contributed by atoms with Gasteiger partial charge < -0.3 is 5.11 Å². The molecule has 132 valence electrons. The summed E-state index contributed by atoms with van der Waals surface area (Å²) in [6, 6.07) is 13.9. The van der Waals surface area contributed by atoms with E-state index in [0.717, 1.165) is 0 Å². The molecule has 0 saturated carbocycles. The van der Waals surface area contributed by atoms with Crippen LogP contribution < -0.4 is 0 Å². The Morgan fingerprint density at radius 1 is 1.08 bits per heavy atom. The number of para-hydroxylation sites is 1. The third-order valence-electron chi connectivity index (χ3n) is 3.84. The Bertz CT molecular complexity index is 995. The van der Waals surface area contributed by atoms with Crippen molar-refractivity contribution in [2.24, 2.45) is 0 Å². The van der Waals surface area contributed by atoms with Crippen molar-refractivity contribution in [2.45, 2.75) is 13.3 Å². The first-order valence-electron chi connectivity index (χ1n) is 7.74. The fourth-order valence-electron chi connectivity index (χ4n) is 2.75. The number of Topliss-reactive ketones (excluding diaryl/α,β-unsaturated/α-hetero) is 1. The summed E-state index contributed by atoms with van der Waals surface area (Å²) in [6.07, 6.45) is -0.336. The number of carbonyl (C=O) groups excluding carboxylic acids is 1. The van der Waals surface area contributed by atoms with Crippen molar-refractivity contribution in [1.29, 1.82) is 0 Å². The molecule has 1 aromatic heterocycles. The Morgan fingerprint density at radius 2 is 1.73 bits per heavy atom. The second-order valence-electron chi connectivity index (χ2n) is 5.67. The molecule has 0 radical (unpaired) electrons. The van der Waals surface area contributed by atoms with Gasteiger partial charge in [-0.05, 0) is 24.3 Å². The number of ketones is 1. The summed E-state index contributed by atoms with van der Waals surface area (Å²) in [5.74, 6) is -1.37. The number of carbonyl (C=O) groups is 2. The van der Waals surface area contributed by atoms with E-state index in [0.29, 0.717) is 32.6 Å². The van der Waals surface area contributed by atoms with Gasteiger partial charge in [-0.3, -0.25) is 9.59 Å². The van der Waals surface area contributed by atoms with Crippen LogP contribution in [-0.2, 0) is 11.2 Å². The van der Waals surface area contributed by atoms with Crippen molar-refractivity contribution < 1.29 is 14.7 Å². The lowest BCUT2D eigenvalue weighted by atomic mass is 10.0. The Labute approximate surface area is 159 Å². The summed E-state index contributed by atoms with van der Waals surface area (Å²) in [5, 5.41) is 14.7. The highest BCUT2D eigenvalue weighted by Crippen LogP contribution is 2.33. The van der Waals surface area contributed by atoms with Gasteiger partial charge in [0.15, 0.2) is 5.78 Å². The van der Waals surface area contributed by atoms with E-state index in [1.54, 1.807) is 48.5 Å². The Morgan fingerprint density at radius 3 is 2.31 bits per heavy atom. The lowest BCUT2D eigenvalue weighted by molar-refractivity contribution is -0.136. The molecule has 0 saturated heterocycles. The highest BCUT2D eigenvalue weighted by atomic mass is 35.5. The minimum atomic E-state index is -1.05. The van der Waals surface area contributed by atoms with Gasteiger partial charge in [-0.2, -0.15) is 5.10 Å². The molecule has 1 N–H and O–H groups in total. The van der Waals surface area contributed by atoms with E-state index in [9.17, 15) is 14.7 Å². The van der Waals surface area contributed by atoms with Crippen molar-refractivity contribution in [3.05, 3.63) is 69.8 Å². The number of aromatic nitrogens is 2. The summed E-state index contributed by atoms with van der Waals surface area (Å²) in [6.45, 7) is 1.36. The number of hydrogen-bond acceptors (Lipinski definition) is 3.